The van der Waals surface area contributed by atoms with Gasteiger partial charge in [-0.2, -0.15) is 0 Å². The van der Waals surface area contributed by atoms with E-state index in [4.69, 9.17) is 9.47 Å². The third-order valence-corrected chi connectivity index (χ3v) is 4.46. The van der Waals surface area contributed by atoms with Crippen LogP contribution < -0.4 is 9.47 Å². The van der Waals surface area contributed by atoms with E-state index in [9.17, 15) is 5.11 Å². The molecule has 0 bridgehead atoms. The van der Waals surface area contributed by atoms with E-state index in [0.29, 0.717) is 0 Å². The number of ether oxygens (including phenoxy) is 2. The molecular weight excluding hydrogens is 254 g/mol. The summed E-state index contributed by atoms with van der Waals surface area (Å²) >= 11 is 0. The van der Waals surface area contributed by atoms with Gasteiger partial charge in [-0.1, -0.05) is 0 Å². The van der Waals surface area contributed by atoms with Crippen molar-refractivity contribution in [2.75, 3.05) is 20.2 Å². The van der Waals surface area contributed by atoms with Crippen molar-refractivity contribution in [2.45, 2.75) is 44.4 Å². The molecule has 2 unspecified atom stereocenters. The summed E-state index contributed by atoms with van der Waals surface area (Å²) < 4.78 is 11.4. The van der Waals surface area contributed by atoms with E-state index in [0.717, 1.165) is 30.2 Å². The summed E-state index contributed by atoms with van der Waals surface area (Å²) in [6, 6.07) is 5.66. The summed E-state index contributed by atoms with van der Waals surface area (Å²) in [5.74, 6) is 1.49. The van der Waals surface area contributed by atoms with E-state index in [1.54, 1.807) is 7.11 Å². The van der Waals surface area contributed by atoms with Crippen LogP contribution in [0.3, 0.4) is 0 Å². The van der Waals surface area contributed by atoms with Gasteiger partial charge in [0.05, 0.1) is 13.2 Å². The SMILES string of the molecule is COc1ccc2c(c1)OC(C)(C)C(N1CCCC1)C2O. The molecule has 4 heteroatoms. The summed E-state index contributed by atoms with van der Waals surface area (Å²) in [7, 11) is 1.64. The molecule has 3 rings (SSSR count). The number of aliphatic hydroxyl groups is 1. The van der Waals surface area contributed by atoms with E-state index >= 15 is 0 Å². The van der Waals surface area contributed by atoms with Gasteiger partial charge in [0.25, 0.3) is 0 Å². The monoisotopic (exact) mass is 277 g/mol. The first-order chi connectivity index (χ1) is 9.53. The molecule has 0 spiro atoms. The molecule has 1 N–H and O–H groups in total. The van der Waals surface area contributed by atoms with Crippen molar-refractivity contribution in [3.8, 4) is 11.5 Å². The van der Waals surface area contributed by atoms with E-state index in [2.05, 4.69) is 18.7 Å². The Morgan fingerprint density at radius 2 is 2.00 bits per heavy atom. The molecule has 2 atom stereocenters. The smallest absolute Gasteiger partial charge is 0.129 e. The first-order valence-corrected chi connectivity index (χ1v) is 7.32. The van der Waals surface area contributed by atoms with Gasteiger partial charge in [0.15, 0.2) is 0 Å². The summed E-state index contributed by atoms with van der Waals surface area (Å²) in [6.45, 7) is 6.20. The van der Waals surface area contributed by atoms with Crippen LogP contribution in [0.5, 0.6) is 11.5 Å². The second-order valence-electron chi connectivity index (χ2n) is 6.24. The highest BCUT2D eigenvalue weighted by Crippen LogP contribution is 2.44. The van der Waals surface area contributed by atoms with Crippen molar-refractivity contribution in [1.82, 2.24) is 4.90 Å². The van der Waals surface area contributed by atoms with Crippen molar-refractivity contribution >= 4 is 0 Å². The van der Waals surface area contributed by atoms with E-state index < -0.39 is 11.7 Å². The fraction of sp³-hybridized carbons (Fsp3) is 0.625. The van der Waals surface area contributed by atoms with Crippen LogP contribution in [0.4, 0.5) is 0 Å². The Labute approximate surface area is 120 Å². The molecule has 20 heavy (non-hydrogen) atoms. The van der Waals surface area contributed by atoms with Gasteiger partial charge in [-0.3, -0.25) is 4.90 Å². The predicted molar refractivity (Wildman–Crippen MR) is 77.3 cm³/mol. The van der Waals surface area contributed by atoms with Gasteiger partial charge in [-0.05, 0) is 51.9 Å². The Bertz CT molecular complexity index is 494. The van der Waals surface area contributed by atoms with Gasteiger partial charge in [0, 0.05) is 11.6 Å². The third kappa shape index (κ3) is 2.17. The van der Waals surface area contributed by atoms with E-state index in [-0.39, 0.29) is 6.04 Å². The minimum atomic E-state index is -0.516. The van der Waals surface area contributed by atoms with Gasteiger partial charge in [-0.25, -0.2) is 0 Å². The average Bonchev–Trinajstić information content (AvgIpc) is 2.90. The van der Waals surface area contributed by atoms with Crippen LogP contribution in [0, 0.1) is 0 Å². The van der Waals surface area contributed by atoms with Gasteiger partial charge in [0.1, 0.15) is 23.2 Å². The van der Waals surface area contributed by atoms with Crippen molar-refractivity contribution in [3.05, 3.63) is 23.8 Å². The molecule has 1 saturated heterocycles. The molecule has 2 heterocycles. The van der Waals surface area contributed by atoms with Gasteiger partial charge in [-0.15, -0.1) is 0 Å². The fourth-order valence-corrected chi connectivity index (χ4v) is 3.53. The van der Waals surface area contributed by atoms with Gasteiger partial charge >= 0.3 is 0 Å². The second-order valence-corrected chi connectivity index (χ2v) is 6.24. The highest BCUT2D eigenvalue weighted by Gasteiger charge is 2.46. The maximum Gasteiger partial charge on any atom is 0.129 e. The summed E-state index contributed by atoms with van der Waals surface area (Å²) in [5.41, 5.74) is 0.449. The Hall–Kier alpha value is -1.26. The van der Waals surface area contributed by atoms with Crippen LogP contribution >= 0.6 is 0 Å². The Balaban J connectivity index is 1.98. The quantitative estimate of drug-likeness (QED) is 0.901. The summed E-state index contributed by atoms with van der Waals surface area (Å²) in [4.78, 5) is 2.36. The number of hydrogen-bond donors (Lipinski definition) is 1. The van der Waals surface area contributed by atoms with Crippen LogP contribution in [0.15, 0.2) is 18.2 Å². The molecule has 4 nitrogen and oxygen atoms in total. The zero-order chi connectivity index (χ0) is 14.3. The summed E-state index contributed by atoms with van der Waals surface area (Å²) in [6.07, 6.45) is 1.89. The summed E-state index contributed by atoms with van der Waals surface area (Å²) in [5, 5.41) is 10.8. The van der Waals surface area contributed by atoms with Crippen LogP contribution in [-0.4, -0.2) is 41.8 Å². The Morgan fingerprint density at radius 1 is 1.30 bits per heavy atom. The maximum atomic E-state index is 10.8. The second kappa shape index (κ2) is 4.93. The molecule has 0 aliphatic carbocycles. The molecule has 2 aliphatic rings. The minimum absolute atomic E-state index is 0.00546. The van der Waals surface area contributed by atoms with E-state index in [1.807, 2.05) is 18.2 Å². The van der Waals surface area contributed by atoms with Crippen molar-refractivity contribution < 1.29 is 14.6 Å². The fourth-order valence-electron chi connectivity index (χ4n) is 3.53. The number of aliphatic hydroxyl groups excluding tert-OH is 1. The van der Waals surface area contributed by atoms with Crippen molar-refractivity contribution in [2.24, 2.45) is 0 Å². The molecule has 0 radical (unpaired) electrons. The lowest BCUT2D eigenvalue weighted by Gasteiger charge is -2.47. The number of nitrogens with zero attached hydrogens (tertiary/aromatic N) is 1. The molecule has 2 aliphatic heterocycles. The molecule has 1 aromatic rings. The Morgan fingerprint density at radius 3 is 2.65 bits per heavy atom. The largest absolute Gasteiger partial charge is 0.497 e. The maximum absolute atomic E-state index is 10.8. The van der Waals surface area contributed by atoms with Crippen molar-refractivity contribution in [1.29, 1.82) is 0 Å². The number of methoxy groups -OCH3 is 1. The number of likely N-dealkylation sites (tertiary alicyclic amines) is 1. The topological polar surface area (TPSA) is 41.9 Å². The van der Waals surface area contributed by atoms with Crippen LogP contribution in [0.25, 0.3) is 0 Å². The normalized spacial score (nSPS) is 28.8. The van der Waals surface area contributed by atoms with Gasteiger partial charge in [0.2, 0.25) is 0 Å². The number of fused-ring (bicyclic) bond motifs is 1. The Kier molecular flexibility index (Phi) is 3.38. The predicted octanol–water partition coefficient (Wildman–Crippen LogP) is 2.36. The highest BCUT2D eigenvalue weighted by molar-refractivity contribution is 5.45. The molecule has 1 aromatic carbocycles. The first kappa shape index (κ1) is 13.7. The van der Waals surface area contributed by atoms with E-state index in [1.165, 1.54) is 12.8 Å². The number of rotatable bonds is 2. The van der Waals surface area contributed by atoms with Gasteiger partial charge < -0.3 is 14.6 Å². The lowest BCUT2D eigenvalue weighted by Crippen LogP contribution is -2.57. The standard InChI is InChI=1S/C16H23NO3/c1-16(2)15(17-8-4-5-9-17)14(18)12-7-6-11(19-3)10-13(12)20-16/h6-7,10,14-15,18H,4-5,8-9H2,1-3H3. The average molecular weight is 277 g/mol. The number of hydrogen-bond acceptors (Lipinski definition) is 4. The third-order valence-electron chi connectivity index (χ3n) is 4.46. The highest BCUT2D eigenvalue weighted by atomic mass is 16.5. The van der Waals surface area contributed by atoms with Crippen molar-refractivity contribution in [3.63, 3.8) is 0 Å². The first-order valence-electron chi connectivity index (χ1n) is 7.32. The minimum Gasteiger partial charge on any atom is -0.497 e. The molecule has 1 fully saturated rings. The van der Waals surface area contributed by atoms with Crippen LogP contribution in [0.2, 0.25) is 0 Å². The molecule has 110 valence electrons. The van der Waals surface area contributed by atoms with Crippen LogP contribution in [-0.2, 0) is 0 Å². The molecule has 0 amide bonds. The molecule has 0 saturated carbocycles. The molecule has 0 aromatic heterocycles. The zero-order valence-electron chi connectivity index (χ0n) is 12.4. The number of benzene rings is 1. The van der Waals surface area contributed by atoms with Crippen LogP contribution in [0.1, 0.15) is 38.4 Å². The lowest BCUT2D eigenvalue weighted by atomic mass is 9.85. The zero-order valence-corrected chi connectivity index (χ0v) is 12.4. The molecular formula is C16H23NO3. The lowest BCUT2D eigenvalue weighted by molar-refractivity contribution is -0.0758.